The second-order valence-electron chi connectivity index (χ2n) is 19.0. The summed E-state index contributed by atoms with van der Waals surface area (Å²) in [7, 11) is 1.10. The van der Waals surface area contributed by atoms with Crippen LogP contribution in [0.1, 0.15) is 230 Å². The van der Waals surface area contributed by atoms with Gasteiger partial charge < -0.3 is 44.6 Å². The Morgan fingerprint density at radius 2 is 0.593 bits per heavy atom. The van der Waals surface area contributed by atoms with E-state index in [0.29, 0.717) is 16.0 Å². The summed E-state index contributed by atoms with van der Waals surface area (Å²) in [5.41, 5.74) is 1.13. The predicted octanol–water partition coefficient (Wildman–Crippen LogP) is 18.7. The molecule has 6 aliphatic rings. The molecule has 0 aromatic heterocycles. The first-order valence-electron chi connectivity index (χ1n) is 20.9. The SMILES string of the molecule is C1CCCC1.C1CCCC1.C1CCCC1.CC(C)(C)C1CCCC1.CC1CCCC1C(C)(C)C.CPC(C)(C)C1CCCC1C.[CH3-].[CH3-].[CH3-].[CH3-].[CH3-].[CH3-].[Fe+2].[Fe+2].[Fe+2]. The summed E-state index contributed by atoms with van der Waals surface area (Å²) in [5, 5.41) is 0.621. The molecule has 0 aromatic rings. The maximum atomic E-state index is 2.44. The molecule has 5 unspecified atom stereocenters. The molecule has 0 heterocycles. The van der Waals surface area contributed by atoms with Crippen LogP contribution in [-0.4, -0.2) is 11.8 Å². The van der Waals surface area contributed by atoms with Gasteiger partial charge in [-0.05, 0) is 77.9 Å². The Bertz CT molecular complexity index is 630. The molecule has 6 rings (SSSR count). The molecule has 0 N–H and O–H groups in total. The zero-order valence-electron chi connectivity index (χ0n) is 40.6. The molecule has 5 atom stereocenters. The molecule has 54 heavy (non-hydrogen) atoms. The van der Waals surface area contributed by atoms with E-state index in [9.17, 15) is 0 Å². The van der Waals surface area contributed by atoms with Crippen molar-refractivity contribution in [3.63, 3.8) is 0 Å². The molecular weight excluding hydrogens is 799 g/mol. The summed E-state index contributed by atoms with van der Waals surface area (Å²) in [6.45, 7) is 26.3. The number of hydrogen-bond acceptors (Lipinski definition) is 0. The van der Waals surface area contributed by atoms with Crippen molar-refractivity contribution in [2.45, 2.75) is 235 Å². The first-order chi connectivity index (χ1) is 21.2. The first-order valence-corrected chi connectivity index (χ1v) is 22.4. The third kappa shape index (κ3) is 35.9. The topological polar surface area (TPSA) is 0 Å². The second kappa shape index (κ2) is 43.1. The van der Waals surface area contributed by atoms with E-state index in [1.165, 1.54) is 161 Å². The van der Waals surface area contributed by atoms with E-state index in [2.05, 4.69) is 75.9 Å². The maximum absolute atomic E-state index is 2.44. The molecular formula is C50H107Fe3P. The van der Waals surface area contributed by atoms with Gasteiger partial charge in [0.05, 0.1) is 0 Å². The minimum Gasteiger partial charge on any atom is -0.358 e. The fourth-order valence-corrected chi connectivity index (χ4v) is 10.1. The van der Waals surface area contributed by atoms with Crippen molar-refractivity contribution >= 4 is 8.58 Å². The van der Waals surface area contributed by atoms with Gasteiger partial charge in [-0.25, -0.2) is 0 Å². The zero-order valence-corrected chi connectivity index (χ0v) is 44.9. The predicted molar refractivity (Wildman–Crippen MR) is 250 cm³/mol. The molecule has 0 aliphatic heterocycles. The van der Waals surface area contributed by atoms with Gasteiger partial charge >= 0.3 is 51.2 Å². The fourth-order valence-electron chi connectivity index (χ4n) is 9.28. The molecule has 0 spiro atoms. The third-order valence-corrected chi connectivity index (χ3v) is 14.4. The van der Waals surface area contributed by atoms with E-state index >= 15 is 0 Å². The van der Waals surface area contributed by atoms with Crippen molar-refractivity contribution in [2.75, 3.05) is 6.66 Å². The van der Waals surface area contributed by atoms with Crippen LogP contribution in [0.25, 0.3) is 0 Å². The standard InChI is InChI=1S/C10H21P.C10H20.C9H18.3C5H10.6CH3.3Fe/c1-8-6-5-7-9(8)10(2,3)11-4;1-8-6-5-7-9(8)10(2,3)4;1-9(2,3)8-6-4-5-7-8;3*1-2-4-5-3-1;;;;;;;;;/h8-9,11H,5-7H2,1-4H3;8-9H,5-7H2,1-4H3;8H,4-7H2,1-3H3;3*1-5H2;6*1H3;;;/q;;;;;;6*-1;3*+2. The number of rotatable bonds is 2. The van der Waals surface area contributed by atoms with Gasteiger partial charge in [0.2, 0.25) is 0 Å². The smallest absolute Gasteiger partial charge is 0.358 e. The van der Waals surface area contributed by atoms with Crippen LogP contribution in [0.3, 0.4) is 0 Å². The van der Waals surface area contributed by atoms with Crippen molar-refractivity contribution in [1.29, 1.82) is 0 Å². The molecule has 0 nitrogen and oxygen atoms in total. The monoisotopic (exact) mass is 907 g/mol. The van der Waals surface area contributed by atoms with Gasteiger partial charge in [0.15, 0.2) is 0 Å². The molecule has 336 valence electrons. The van der Waals surface area contributed by atoms with Crippen LogP contribution < -0.4 is 0 Å². The minimum absolute atomic E-state index is 0. The minimum atomic E-state index is 0. The van der Waals surface area contributed by atoms with Crippen molar-refractivity contribution in [2.24, 2.45) is 40.4 Å². The Morgan fingerprint density at radius 3 is 0.741 bits per heavy atom. The van der Waals surface area contributed by atoms with Gasteiger partial charge in [0, 0.05) is 0 Å². The van der Waals surface area contributed by atoms with Gasteiger partial charge in [0.25, 0.3) is 0 Å². The second-order valence-corrected chi connectivity index (χ2v) is 20.8. The Labute approximate surface area is 383 Å². The van der Waals surface area contributed by atoms with E-state index in [1.807, 2.05) is 0 Å². The molecule has 0 aromatic carbocycles. The Kier molecular flexibility index (Phi) is 61.2. The summed E-state index contributed by atoms with van der Waals surface area (Å²) in [6, 6.07) is 0. The molecule has 6 aliphatic carbocycles. The molecule has 4 heteroatoms. The van der Waals surface area contributed by atoms with Crippen LogP contribution in [0.15, 0.2) is 0 Å². The molecule has 0 saturated heterocycles. The Balaban J connectivity index is -0.0000000636. The molecule has 0 radical (unpaired) electrons. The normalized spacial score (nSPS) is 23.8. The summed E-state index contributed by atoms with van der Waals surface area (Å²) in [6.07, 6.45) is 37.2. The largest absolute Gasteiger partial charge is 2.00 e. The van der Waals surface area contributed by atoms with E-state index in [0.717, 1.165) is 38.2 Å². The first kappa shape index (κ1) is 76.7. The Hall–Kier alpha value is 1.99. The summed E-state index contributed by atoms with van der Waals surface area (Å²) in [5.74, 6) is 4.95. The quantitative estimate of drug-likeness (QED) is 0.147. The molecule has 6 saturated carbocycles. The molecule has 6 fully saturated rings. The third-order valence-electron chi connectivity index (χ3n) is 12.7. The van der Waals surface area contributed by atoms with Gasteiger partial charge in [-0.2, -0.15) is 0 Å². The van der Waals surface area contributed by atoms with Crippen molar-refractivity contribution in [3.8, 4) is 0 Å². The molecule has 0 bridgehead atoms. The van der Waals surface area contributed by atoms with Gasteiger partial charge in [-0.3, -0.25) is 0 Å². The van der Waals surface area contributed by atoms with Crippen LogP contribution in [0, 0.1) is 85.0 Å². The van der Waals surface area contributed by atoms with Crippen molar-refractivity contribution in [3.05, 3.63) is 44.6 Å². The zero-order chi connectivity index (χ0) is 33.8. The Morgan fingerprint density at radius 1 is 0.333 bits per heavy atom. The average Bonchev–Trinajstić information content (AvgIpc) is 3.83. The van der Waals surface area contributed by atoms with Crippen molar-refractivity contribution < 1.29 is 51.2 Å². The van der Waals surface area contributed by atoms with Gasteiger partial charge in [-0.1, -0.05) is 204 Å². The summed E-state index contributed by atoms with van der Waals surface area (Å²) >= 11 is 0. The van der Waals surface area contributed by atoms with Crippen LogP contribution >= 0.6 is 8.58 Å². The van der Waals surface area contributed by atoms with Crippen LogP contribution in [-0.2, 0) is 51.2 Å². The van der Waals surface area contributed by atoms with Crippen LogP contribution in [0.2, 0.25) is 0 Å². The summed E-state index contributed by atoms with van der Waals surface area (Å²) < 4.78 is 0. The average molecular weight is 907 g/mol. The fraction of sp³-hybridized carbons (Fsp3) is 0.880. The number of hydrogen-bond donors (Lipinski definition) is 0. The van der Waals surface area contributed by atoms with Crippen LogP contribution in [0.4, 0.5) is 0 Å². The summed E-state index contributed by atoms with van der Waals surface area (Å²) in [4.78, 5) is 0. The van der Waals surface area contributed by atoms with Gasteiger partial charge in [-0.15, -0.1) is 8.58 Å². The van der Waals surface area contributed by atoms with E-state index in [4.69, 9.17) is 0 Å². The van der Waals surface area contributed by atoms with Crippen LogP contribution in [0.5, 0.6) is 0 Å². The molecule has 0 amide bonds. The van der Waals surface area contributed by atoms with E-state index in [-0.39, 0.29) is 95.8 Å². The van der Waals surface area contributed by atoms with E-state index in [1.54, 1.807) is 0 Å². The maximum Gasteiger partial charge on any atom is 2.00 e. The van der Waals surface area contributed by atoms with E-state index < -0.39 is 0 Å². The van der Waals surface area contributed by atoms with Crippen molar-refractivity contribution in [1.82, 2.24) is 0 Å². The van der Waals surface area contributed by atoms with Gasteiger partial charge in [0.1, 0.15) is 0 Å².